The lowest BCUT2D eigenvalue weighted by Gasteiger charge is -2.31. The van der Waals surface area contributed by atoms with Gasteiger partial charge in [-0.15, -0.1) is 0 Å². The molecule has 0 amide bonds. The van der Waals surface area contributed by atoms with E-state index in [-0.39, 0.29) is 0 Å². The molecule has 0 heterocycles. The Balaban J connectivity index is 2.96. The van der Waals surface area contributed by atoms with Gasteiger partial charge in [0.15, 0.2) is 0 Å². The predicted molar refractivity (Wildman–Crippen MR) is 79.4 cm³/mol. The topological polar surface area (TPSA) is 38.5 Å². The Kier molecular flexibility index (Phi) is 5.83. The van der Waals surface area contributed by atoms with E-state index < -0.39 is 0 Å². The lowest BCUT2D eigenvalue weighted by atomic mass is 10.1. The van der Waals surface area contributed by atoms with Gasteiger partial charge in [-0.3, -0.25) is 0 Å². The van der Waals surface area contributed by atoms with Gasteiger partial charge in [0.1, 0.15) is 5.75 Å². The molecule has 0 spiro atoms. The van der Waals surface area contributed by atoms with Gasteiger partial charge in [-0.1, -0.05) is 20.3 Å². The van der Waals surface area contributed by atoms with Crippen LogP contribution in [-0.4, -0.2) is 19.7 Å². The number of hydrogen-bond acceptors (Lipinski definition) is 3. The van der Waals surface area contributed by atoms with Gasteiger partial charge >= 0.3 is 0 Å². The zero-order chi connectivity index (χ0) is 13.5. The van der Waals surface area contributed by atoms with Crippen LogP contribution in [0.4, 0.5) is 11.4 Å². The van der Waals surface area contributed by atoms with Crippen molar-refractivity contribution < 1.29 is 4.74 Å². The highest BCUT2D eigenvalue weighted by atomic mass is 16.5. The van der Waals surface area contributed by atoms with E-state index in [0.29, 0.717) is 11.7 Å². The molecule has 0 bridgehead atoms. The first-order valence-corrected chi connectivity index (χ1v) is 6.84. The normalized spacial score (nSPS) is 12.2. The molecular formula is C15H26N2O. The first-order valence-electron chi connectivity index (χ1n) is 6.84. The number of nitrogens with two attached hydrogens (primary N) is 1. The maximum Gasteiger partial charge on any atom is 0.143 e. The van der Waals surface area contributed by atoms with Crippen molar-refractivity contribution in [3.63, 3.8) is 0 Å². The SMILES string of the molecule is CCCCN(c1ccc(N)c(OC)c1)C(C)CC. The quantitative estimate of drug-likeness (QED) is 0.750. The molecule has 1 aromatic rings. The molecule has 0 aliphatic rings. The molecule has 3 heteroatoms. The van der Waals surface area contributed by atoms with Gasteiger partial charge in [0.05, 0.1) is 12.8 Å². The molecule has 0 radical (unpaired) electrons. The van der Waals surface area contributed by atoms with Crippen LogP contribution in [0.15, 0.2) is 18.2 Å². The molecule has 0 aromatic heterocycles. The molecule has 3 nitrogen and oxygen atoms in total. The van der Waals surface area contributed by atoms with E-state index in [1.807, 2.05) is 12.1 Å². The molecule has 0 fully saturated rings. The van der Waals surface area contributed by atoms with Gasteiger partial charge in [-0.25, -0.2) is 0 Å². The Bertz CT molecular complexity index is 366. The standard InChI is InChI=1S/C15H26N2O/c1-5-7-10-17(12(3)6-2)13-8-9-14(16)15(11-13)18-4/h8-9,11-12H,5-7,10,16H2,1-4H3. The fourth-order valence-electron chi connectivity index (χ4n) is 2.03. The number of unbranched alkanes of at least 4 members (excludes halogenated alkanes) is 1. The second kappa shape index (κ2) is 7.14. The van der Waals surface area contributed by atoms with Crippen molar-refractivity contribution in [2.45, 2.75) is 46.1 Å². The van der Waals surface area contributed by atoms with Crippen LogP contribution in [0.25, 0.3) is 0 Å². The van der Waals surface area contributed by atoms with Crippen molar-refractivity contribution in [2.75, 3.05) is 24.3 Å². The molecule has 0 aliphatic heterocycles. The number of ether oxygens (including phenoxy) is 1. The van der Waals surface area contributed by atoms with Crippen LogP contribution < -0.4 is 15.4 Å². The third kappa shape index (κ3) is 3.56. The van der Waals surface area contributed by atoms with Crippen LogP contribution >= 0.6 is 0 Å². The molecule has 102 valence electrons. The number of benzene rings is 1. The van der Waals surface area contributed by atoms with E-state index in [0.717, 1.165) is 18.7 Å². The second-order valence-corrected chi connectivity index (χ2v) is 4.73. The zero-order valence-electron chi connectivity index (χ0n) is 12.1. The Morgan fingerprint density at radius 1 is 1.33 bits per heavy atom. The Hall–Kier alpha value is -1.38. The summed E-state index contributed by atoms with van der Waals surface area (Å²) in [7, 11) is 1.66. The number of methoxy groups -OCH3 is 1. The Morgan fingerprint density at radius 2 is 2.06 bits per heavy atom. The highest BCUT2D eigenvalue weighted by molar-refractivity contribution is 5.62. The van der Waals surface area contributed by atoms with Crippen molar-refractivity contribution >= 4 is 11.4 Å². The highest BCUT2D eigenvalue weighted by Gasteiger charge is 2.13. The molecule has 0 saturated carbocycles. The van der Waals surface area contributed by atoms with E-state index in [9.17, 15) is 0 Å². The Morgan fingerprint density at radius 3 is 2.61 bits per heavy atom. The van der Waals surface area contributed by atoms with Gasteiger partial charge in [0, 0.05) is 24.3 Å². The van der Waals surface area contributed by atoms with Gasteiger partial charge in [-0.05, 0) is 31.9 Å². The lowest BCUT2D eigenvalue weighted by Crippen LogP contribution is -2.33. The molecule has 1 atom stereocenters. The lowest BCUT2D eigenvalue weighted by molar-refractivity contribution is 0.416. The summed E-state index contributed by atoms with van der Waals surface area (Å²) < 4.78 is 5.30. The van der Waals surface area contributed by atoms with E-state index >= 15 is 0 Å². The first kappa shape index (κ1) is 14.7. The third-order valence-corrected chi connectivity index (χ3v) is 3.42. The first-order chi connectivity index (χ1) is 8.63. The average Bonchev–Trinajstić information content (AvgIpc) is 2.40. The van der Waals surface area contributed by atoms with Crippen LogP contribution in [-0.2, 0) is 0 Å². The summed E-state index contributed by atoms with van der Waals surface area (Å²) in [6.45, 7) is 7.79. The summed E-state index contributed by atoms with van der Waals surface area (Å²) in [5.74, 6) is 0.761. The monoisotopic (exact) mass is 250 g/mol. The number of rotatable bonds is 7. The molecular weight excluding hydrogens is 224 g/mol. The van der Waals surface area contributed by atoms with Crippen molar-refractivity contribution in [1.82, 2.24) is 0 Å². The minimum absolute atomic E-state index is 0.532. The van der Waals surface area contributed by atoms with Crippen LogP contribution in [0.2, 0.25) is 0 Å². The van der Waals surface area contributed by atoms with Gasteiger partial charge in [-0.2, -0.15) is 0 Å². The molecule has 18 heavy (non-hydrogen) atoms. The summed E-state index contributed by atoms with van der Waals surface area (Å²) in [5, 5.41) is 0. The third-order valence-electron chi connectivity index (χ3n) is 3.42. The molecule has 1 rings (SSSR count). The van der Waals surface area contributed by atoms with Gasteiger partial charge in [0.2, 0.25) is 0 Å². The minimum atomic E-state index is 0.532. The summed E-state index contributed by atoms with van der Waals surface area (Å²) in [4.78, 5) is 2.44. The van der Waals surface area contributed by atoms with Crippen LogP contribution in [0.1, 0.15) is 40.0 Å². The number of nitrogens with zero attached hydrogens (tertiary/aromatic N) is 1. The number of hydrogen-bond donors (Lipinski definition) is 1. The molecule has 1 aromatic carbocycles. The van der Waals surface area contributed by atoms with E-state index in [4.69, 9.17) is 10.5 Å². The highest BCUT2D eigenvalue weighted by Crippen LogP contribution is 2.29. The smallest absolute Gasteiger partial charge is 0.143 e. The minimum Gasteiger partial charge on any atom is -0.495 e. The number of nitrogen functional groups attached to an aromatic ring is 1. The number of anilines is 2. The molecule has 0 saturated heterocycles. The summed E-state index contributed by atoms with van der Waals surface area (Å²) in [6.07, 6.45) is 3.55. The van der Waals surface area contributed by atoms with Crippen molar-refractivity contribution in [2.24, 2.45) is 0 Å². The summed E-state index contributed by atoms with van der Waals surface area (Å²) in [6, 6.07) is 6.58. The largest absolute Gasteiger partial charge is 0.495 e. The maximum absolute atomic E-state index is 5.87. The fourth-order valence-corrected chi connectivity index (χ4v) is 2.03. The molecule has 0 aliphatic carbocycles. The van der Waals surface area contributed by atoms with E-state index in [1.54, 1.807) is 7.11 Å². The molecule has 2 N–H and O–H groups in total. The summed E-state index contributed by atoms with van der Waals surface area (Å²) >= 11 is 0. The fraction of sp³-hybridized carbons (Fsp3) is 0.600. The van der Waals surface area contributed by atoms with Crippen LogP contribution in [0, 0.1) is 0 Å². The summed E-state index contributed by atoms with van der Waals surface area (Å²) in [5.41, 5.74) is 7.76. The van der Waals surface area contributed by atoms with E-state index in [1.165, 1.54) is 18.5 Å². The maximum atomic E-state index is 5.87. The van der Waals surface area contributed by atoms with Crippen LogP contribution in [0.5, 0.6) is 5.75 Å². The molecule has 1 unspecified atom stereocenters. The zero-order valence-corrected chi connectivity index (χ0v) is 12.1. The van der Waals surface area contributed by atoms with Gasteiger partial charge < -0.3 is 15.4 Å². The van der Waals surface area contributed by atoms with Crippen molar-refractivity contribution in [3.05, 3.63) is 18.2 Å². The average molecular weight is 250 g/mol. The second-order valence-electron chi connectivity index (χ2n) is 4.73. The van der Waals surface area contributed by atoms with Crippen molar-refractivity contribution in [1.29, 1.82) is 0 Å². The Labute approximate surface area is 111 Å². The predicted octanol–water partition coefficient (Wildman–Crippen LogP) is 3.68. The van der Waals surface area contributed by atoms with Crippen LogP contribution in [0.3, 0.4) is 0 Å². The van der Waals surface area contributed by atoms with Crippen molar-refractivity contribution in [3.8, 4) is 5.75 Å². The van der Waals surface area contributed by atoms with E-state index in [2.05, 4.69) is 31.7 Å². The van der Waals surface area contributed by atoms with Gasteiger partial charge in [0.25, 0.3) is 0 Å².